The fraction of sp³-hybridized carbons (Fsp3) is 0.0500. The van der Waals surface area contributed by atoms with E-state index in [1.54, 1.807) is 24.3 Å². The van der Waals surface area contributed by atoms with Crippen LogP contribution >= 0.6 is 54.5 Å². The van der Waals surface area contributed by atoms with Gasteiger partial charge in [-0.1, -0.05) is 15.9 Å². The Hall–Kier alpha value is -1.63. The second-order valence-corrected chi connectivity index (χ2v) is 10.7. The summed E-state index contributed by atoms with van der Waals surface area (Å²) in [6.07, 6.45) is 0. The van der Waals surface area contributed by atoms with Crippen molar-refractivity contribution in [2.24, 2.45) is 0 Å². The third kappa shape index (κ3) is 6.43. The van der Waals surface area contributed by atoms with E-state index in [0.29, 0.717) is 17.1 Å². The van der Waals surface area contributed by atoms with Crippen molar-refractivity contribution in [1.82, 2.24) is 0 Å². The van der Waals surface area contributed by atoms with Crippen LogP contribution in [-0.2, 0) is 14.8 Å². The molecule has 156 valence electrons. The number of carbonyl (C=O) groups is 1. The Balaban J connectivity index is 1.59. The molecular weight excluding hydrogens is 651 g/mol. The second kappa shape index (κ2) is 10.1. The van der Waals surface area contributed by atoms with E-state index in [0.717, 1.165) is 12.5 Å². The molecule has 0 saturated heterocycles. The maximum Gasteiger partial charge on any atom is 0.262 e. The second-order valence-electron chi connectivity index (χ2n) is 6.05. The van der Waals surface area contributed by atoms with Gasteiger partial charge in [0.05, 0.1) is 9.37 Å². The van der Waals surface area contributed by atoms with Crippen LogP contribution in [0.15, 0.2) is 80.6 Å². The normalized spacial score (nSPS) is 11.0. The largest absolute Gasteiger partial charge is 0.483 e. The third-order valence-electron chi connectivity index (χ3n) is 3.80. The van der Waals surface area contributed by atoms with Crippen LogP contribution in [-0.4, -0.2) is 20.9 Å². The molecule has 30 heavy (non-hydrogen) atoms. The molecule has 0 fully saturated rings. The summed E-state index contributed by atoms with van der Waals surface area (Å²) in [6.45, 7) is -0.186. The molecule has 3 aromatic carbocycles. The van der Waals surface area contributed by atoms with Gasteiger partial charge in [0.1, 0.15) is 5.75 Å². The summed E-state index contributed by atoms with van der Waals surface area (Å²) in [4.78, 5) is 12.2. The Bertz CT molecular complexity index is 1150. The van der Waals surface area contributed by atoms with Gasteiger partial charge in [-0.05, 0) is 105 Å². The van der Waals surface area contributed by atoms with Gasteiger partial charge in [0.25, 0.3) is 15.9 Å². The van der Waals surface area contributed by atoms with Gasteiger partial charge in [-0.3, -0.25) is 9.52 Å². The molecule has 3 aromatic rings. The van der Waals surface area contributed by atoms with Crippen molar-refractivity contribution >= 4 is 81.8 Å². The minimum atomic E-state index is -3.72. The Morgan fingerprint density at radius 3 is 2.20 bits per heavy atom. The van der Waals surface area contributed by atoms with Crippen LogP contribution in [0.1, 0.15) is 0 Å². The zero-order chi connectivity index (χ0) is 21.7. The Kier molecular flexibility index (Phi) is 7.77. The summed E-state index contributed by atoms with van der Waals surface area (Å²) in [6, 6.07) is 18.3. The zero-order valence-corrected chi connectivity index (χ0v) is 21.4. The van der Waals surface area contributed by atoms with Gasteiger partial charge in [-0.25, -0.2) is 8.42 Å². The van der Waals surface area contributed by atoms with E-state index in [1.807, 2.05) is 18.2 Å². The molecule has 0 aliphatic heterocycles. The Labute approximate surface area is 204 Å². The first-order chi connectivity index (χ1) is 14.2. The van der Waals surface area contributed by atoms with Crippen LogP contribution in [0.4, 0.5) is 11.4 Å². The van der Waals surface area contributed by atoms with Gasteiger partial charge in [-0.2, -0.15) is 0 Å². The highest BCUT2D eigenvalue weighted by atomic mass is 127. The van der Waals surface area contributed by atoms with Crippen molar-refractivity contribution in [2.45, 2.75) is 4.90 Å². The van der Waals surface area contributed by atoms with Gasteiger partial charge in [0.15, 0.2) is 6.61 Å². The van der Waals surface area contributed by atoms with Crippen molar-refractivity contribution in [3.8, 4) is 5.75 Å². The van der Waals surface area contributed by atoms with Crippen molar-refractivity contribution in [3.05, 3.63) is 79.2 Å². The maximum atomic E-state index is 12.5. The molecule has 3 rings (SSSR count). The number of nitrogens with one attached hydrogen (secondary N) is 2. The fourth-order valence-electron chi connectivity index (χ4n) is 2.38. The van der Waals surface area contributed by atoms with Gasteiger partial charge in [0, 0.05) is 19.4 Å². The summed E-state index contributed by atoms with van der Waals surface area (Å²) in [5, 5.41) is 2.67. The molecule has 0 aromatic heterocycles. The predicted molar refractivity (Wildman–Crippen MR) is 132 cm³/mol. The average Bonchev–Trinajstić information content (AvgIpc) is 2.69. The predicted octanol–water partition coefficient (Wildman–Crippen LogP) is 5.63. The van der Waals surface area contributed by atoms with Crippen molar-refractivity contribution in [3.63, 3.8) is 0 Å². The number of hydrogen-bond acceptors (Lipinski definition) is 4. The van der Waals surface area contributed by atoms with Crippen LogP contribution in [0.3, 0.4) is 0 Å². The van der Waals surface area contributed by atoms with E-state index in [-0.39, 0.29) is 17.4 Å². The van der Waals surface area contributed by atoms with E-state index < -0.39 is 10.0 Å². The van der Waals surface area contributed by atoms with Crippen molar-refractivity contribution in [2.75, 3.05) is 16.6 Å². The number of benzene rings is 3. The number of amides is 1. The quantitative estimate of drug-likeness (QED) is 0.321. The number of rotatable bonds is 7. The third-order valence-corrected chi connectivity index (χ3v) is 7.03. The smallest absolute Gasteiger partial charge is 0.262 e. The van der Waals surface area contributed by atoms with E-state index in [2.05, 4.69) is 64.5 Å². The van der Waals surface area contributed by atoms with Crippen LogP contribution in [0, 0.1) is 3.57 Å². The molecule has 0 aliphatic carbocycles. The molecule has 0 heterocycles. The minimum absolute atomic E-state index is 0.0918. The van der Waals surface area contributed by atoms with Gasteiger partial charge in [-0.15, -0.1) is 0 Å². The van der Waals surface area contributed by atoms with Crippen LogP contribution in [0.25, 0.3) is 0 Å². The van der Waals surface area contributed by atoms with E-state index in [9.17, 15) is 13.2 Å². The highest BCUT2D eigenvalue weighted by molar-refractivity contribution is 14.1. The lowest BCUT2D eigenvalue weighted by Crippen LogP contribution is -2.20. The lowest BCUT2D eigenvalue weighted by molar-refractivity contribution is -0.118. The SMILES string of the molecule is O=C(COc1ccc(Br)cc1Br)Nc1ccc(S(=O)(=O)Nc2ccc(I)cc2)cc1. The fourth-order valence-corrected chi connectivity index (χ4v) is 4.96. The summed E-state index contributed by atoms with van der Waals surface area (Å²) in [5.74, 6) is 0.175. The maximum absolute atomic E-state index is 12.5. The first kappa shape index (κ1) is 23.0. The molecular formula is C20H15Br2IN2O4S. The zero-order valence-electron chi connectivity index (χ0n) is 15.2. The van der Waals surface area contributed by atoms with Crippen molar-refractivity contribution in [1.29, 1.82) is 0 Å². The molecule has 0 spiro atoms. The molecule has 0 atom stereocenters. The van der Waals surface area contributed by atoms with Gasteiger partial charge < -0.3 is 10.1 Å². The summed E-state index contributed by atoms with van der Waals surface area (Å²) in [5.41, 5.74) is 0.940. The summed E-state index contributed by atoms with van der Waals surface area (Å²) in [7, 11) is -3.72. The molecule has 1 amide bonds. The molecule has 6 nitrogen and oxygen atoms in total. The molecule has 0 bridgehead atoms. The standard InChI is InChI=1S/C20H15Br2IN2O4S/c21-13-1-10-19(18(22)11-13)29-12-20(26)24-15-6-8-17(9-7-15)30(27,28)25-16-4-2-14(23)3-5-16/h1-11,25H,12H2,(H,24,26). The van der Waals surface area contributed by atoms with E-state index in [4.69, 9.17) is 4.74 Å². The Morgan fingerprint density at radius 1 is 0.933 bits per heavy atom. The summed E-state index contributed by atoms with van der Waals surface area (Å²) >= 11 is 8.86. The first-order valence-corrected chi connectivity index (χ1v) is 12.6. The average molecular weight is 666 g/mol. The monoisotopic (exact) mass is 664 g/mol. The lowest BCUT2D eigenvalue weighted by Gasteiger charge is -2.11. The number of sulfonamides is 1. The number of carbonyl (C=O) groups excluding carboxylic acids is 1. The summed E-state index contributed by atoms with van der Waals surface area (Å²) < 4.78 is 35.6. The molecule has 10 heteroatoms. The minimum Gasteiger partial charge on any atom is -0.483 e. The molecule has 0 radical (unpaired) electrons. The molecule has 2 N–H and O–H groups in total. The van der Waals surface area contributed by atoms with Crippen LogP contribution < -0.4 is 14.8 Å². The first-order valence-electron chi connectivity index (χ1n) is 8.49. The number of hydrogen-bond donors (Lipinski definition) is 2. The van der Waals surface area contributed by atoms with Gasteiger partial charge >= 0.3 is 0 Å². The van der Waals surface area contributed by atoms with Crippen LogP contribution in [0.2, 0.25) is 0 Å². The van der Waals surface area contributed by atoms with E-state index in [1.165, 1.54) is 24.3 Å². The number of anilines is 2. The van der Waals surface area contributed by atoms with Crippen molar-refractivity contribution < 1.29 is 17.9 Å². The van der Waals surface area contributed by atoms with Crippen LogP contribution in [0.5, 0.6) is 5.75 Å². The topological polar surface area (TPSA) is 84.5 Å². The Morgan fingerprint density at radius 2 is 1.57 bits per heavy atom. The number of ether oxygens (including phenoxy) is 1. The molecule has 0 unspecified atom stereocenters. The number of halogens is 3. The molecule has 0 saturated carbocycles. The highest BCUT2D eigenvalue weighted by Crippen LogP contribution is 2.28. The van der Waals surface area contributed by atoms with E-state index >= 15 is 0 Å². The molecule has 0 aliphatic rings. The van der Waals surface area contributed by atoms with Gasteiger partial charge in [0.2, 0.25) is 0 Å². The lowest BCUT2D eigenvalue weighted by atomic mass is 10.3. The highest BCUT2D eigenvalue weighted by Gasteiger charge is 2.14.